The van der Waals surface area contributed by atoms with Gasteiger partial charge in [-0.2, -0.15) is 9.67 Å². The minimum absolute atomic E-state index is 0.0940. The smallest absolute Gasteiger partial charge is 0.250 e. The summed E-state index contributed by atoms with van der Waals surface area (Å²) < 4.78 is 1.22. The molecule has 1 heterocycles. The van der Waals surface area contributed by atoms with Crippen LogP contribution in [0.3, 0.4) is 0 Å². The number of hydrogen-bond acceptors (Lipinski definition) is 4. The van der Waals surface area contributed by atoms with E-state index < -0.39 is 0 Å². The van der Waals surface area contributed by atoms with Crippen molar-refractivity contribution in [1.29, 1.82) is 0 Å². The molecule has 2 aromatic rings. The minimum Gasteiger partial charge on any atom is -0.368 e. The van der Waals surface area contributed by atoms with Gasteiger partial charge >= 0.3 is 0 Å². The van der Waals surface area contributed by atoms with Crippen molar-refractivity contribution in [3.63, 3.8) is 0 Å². The number of anilines is 1. The maximum atomic E-state index is 12.1. The molecule has 0 fully saturated rings. The molecule has 5 heteroatoms. The van der Waals surface area contributed by atoms with Gasteiger partial charge in [-0.25, -0.2) is 0 Å². The van der Waals surface area contributed by atoms with Gasteiger partial charge in [0, 0.05) is 12.0 Å². The normalized spacial score (nSPS) is 10.8. The molecule has 0 unspecified atom stereocenters. The second-order valence-corrected chi connectivity index (χ2v) is 5.36. The highest BCUT2D eigenvalue weighted by Gasteiger charge is 2.15. The number of nitrogens with two attached hydrogens (primary N) is 1. The van der Waals surface area contributed by atoms with Gasteiger partial charge in [0.05, 0.1) is 0 Å². The number of carbonyl (C=O) groups excluding carboxylic acids is 1. The Hall–Kier alpha value is -2.17. The maximum absolute atomic E-state index is 12.1. The third-order valence-corrected chi connectivity index (χ3v) is 3.63. The summed E-state index contributed by atoms with van der Waals surface area (Å²) in [5.41, 5.74) is 9.07. The van der Waals surface area contributed by atoms with Gasteiger partial charge in [-0.15, -0.1) is 5.10 Å². The second-order valence-electron chi connectivity index (χ2n) is 5.36. The predicted octanol–water partition coefficient (Wildman–Crippen LogP) is 3.36. The van der Waals surface area contributed by atoms with Crippen LogP contribution in [0.5, 0.6) is 0 Å². The Labute approximate surface area is 125 Å². The van der Waals surface area contributed by atoms with Gasteiger partial charge in [-0.05, 0) is 37.5 Å². The van der Waals surface area contributed by atoms with Gasteiger partial charge in [-0.3, -0.25) is 4.79 Å². The van der Waals surface area contributed by atoms with Crippen LogP contribution in [-0.2, 0) is 0 Å². The van der Waals surface area contributed by atoms with Crippen LogP contribution in [-0.4, -0.2) is 20.7 Å². The summed E-state index contributed by atoms with van der Waals surface area (Å²) >= 11 is 0. The van der Waals surface area contributed by atoms with Crippen LogP contribution in [0.15, 0.2) is 18.2 Å². The van der Waals surface area contributed by atoms with Crippen molar-refractivity contribution in [3.05, 3.63) is 29.3 Å². The molecule has 5 nitrogen and oxygen atoms in total. The summed E-state index contributed by atoms with van der Waals surface area (Å²) in [7, 11) is 0. The number of nitrogen functional groups attached to an aromatic ring is 1. The van der Waals surface area contributed by atoms with E-state index in [4.69, 9.17) is 5.73 Å². The fourth-order valence-corrected chi connectivity index (χ4v) is 2.14. The topological polar surface area (TPSA) is 73.8 Å². The van der Waals surface area contributed by atoms with Crippen molar-refractivity contribution in [3.8, 4) is 11.4 Å². The zero-order valence-corrected chi connectivity index (χ0v) is 12.9. The lowest BCUT2D eigenvalue weighted by atomic mass is 10.1. The van der Waals surface area contributed by atoms with Crippen LogP contribution in [0.4, 0.5) is 5.95 Å². The molecule has 0 aliphatic heterocycles. The molecular weight excluding hydrogens is 264 g/mol. The Morgan fingerprint density at radius 3 is 2.67 bits per heavy atom. The lowest BCUT2D eigenvalue weighted by molar-refractivity contribution is 0.0886. The average Bonchev–Trinajstić information content (AvgIpc) is 2.84. The molecule has 0 atom stereocenters. The van der Waals surface area contributed by atoms with Crippen molar-refractivity contribution in [1.82, 2.24) is 14.8 Å². The van der Waals surface area contributed by atoms with Crippen LogP contribution in [0.25, 0.3) is 11.4 Å². The summed E-state index contributed by atoms with van der Waals surface area (Å²) in [6.07, 6.45) is 3.42. The van der Waals surface area contributed by atoms with E-state index >= 15 is 0 Å². The molecular formula is C16H22N4O. The highest BCUT2D eigenvalue weighted by atomic mass is 16.2. The van der Waals surface area contributed by atoms with Gasteiger partial charge in [0.25, 0.3) is 0 Å². The minimum atomic E-state index is -0.0940. The predicted molar refractivity (Wildman–Crippen MR) is 84.1 cm³/mol. The molecule has 0 radical (unpaired) electrons. The van der Waals surface area contributed by atoms with Crippen molar-refractivity contribution >= 4 is 11.9 Å². The maximum Gasteiger partial charge on any atom is 0.250 e. The number of benzene rings is 1. The van der Waals surface area contributed by atoms with Crippen molar-refractivity contribution in [2.45, 2.75) is 46.5 Å². The summed E-state index contributed by atoms with van der Waals surface area (Å²) in [6, 6.07) is 5.98. The summed E-state index contributed by atoms with van der Waals surface area (Å²) in [6.45, 7) is 6.19. The first-order valence-electron chi connectivity index (χ1n) is 7.36. The summed E-state index contributed by atoms with van der Waals surface area (Å²) in [5, 5.41) is 4.26. The monoisotopic (exact) mass is 286 g/mol. The van der Waals surface area contributed by atoms with Crippen molar-refractivity contribution in [2.75, 3.05) is 5.73 Å². The summed E-state index contributed by atoms with van der Waals surface area (Å²) in [5.74, 6) is 0.563. The Bertz CT molecular complexity index is 646. The quantitative estimate of drug-likeness (QED) is 0.855. The van der Waals surface area contributed by atoms with Gasteiger partial charge in [0.1, 0.15) is 0 Å². The third-order valence-electron chi connectivity index (χ3n) is 3.63. The highest BCUT2D eigenvalue weighted by Crippen LogP contribution is 2.20. The zero-order valence-electron chi connectivity index (χ0n) is 12.9. The van der Waals surface area contributed by atoms with Crippen molar-refractivity contribution in [2.24, 2.45) is 0 Å². The lowest BCUT2D eigenvalue weighted by Crippen LogP contribution is -2.15. The molecule has 0 aliphatic carbocycles. The fourth-order valence-electron chi connectivity index (χ4n) is 2.14. The average molecular weight is 286 g/mol. The fraction of sp³-hybridized carbons (Fsp3) is 0.438. The standard InChI is InChI=1S/C16H22N4O/c1-4-5-6-7-14(21)20-16(17)18-15(19-20)13-9-8-11(2)12(3)10-13/h8-10H,4-7H2,1-3H3,(H2,17,18,19). The molecule has 0 spiro atoms. The lowest BCUT2D eigenvalue weighted by Gasteiger charge is -2.02. The molecule has 0 saturated heterocycles. The number of aromatic nitrogens is 3. The molecule has 1 aromatic carbocycles. The van der Waals surface area contributed by atoms with E-state index in [-0.39, 0.29) is 11.9 Å². The highest BCUT2D eigenvalue weighted by molar-refractivity contribution is 5.81. The molecule has 0 bridgehead atoms. The number of unbranched alkanes of at least 4 members (excludes halogenated alkanes) is 2. The number of carbonyl (C=O) groups is 1. The van der Waals surface area contributed by atoms with Crippen molar-refractivity contribution < 1.29 is 4.79 Å². The largest absolute Gasteiger partial charge is 0.368 e. The molecule has 1 aromatic heterocycles. The van der Waals surface area contributed by atoms with E-state index in [1.165, 1.54) is 10.2 Å². The second kappa shape index (κ2) is 6.52. The molecule has 0 saturated carbocycles. The van der Waals surface area contributed by atoms with Gasteiger partial charge in [0.15, 0.2) is 5.82 Å². The number of nitrogens with zero attached hydrogens (tertiary/aromatic N) is 3. The molecule has 0 amide bonds. The van der Waals surface area contributed by atoms with E-state index in [1.54, 1.807) is 0 Å². The number of rotatable bonds is 5. The Morgan fingerprint density at radius 1 is 1.24 bits per heavy atom. The van der Waals surface area contributed by atoms with Crippen LogP contribution in [0.2, 0.25) is 0 Å². The Balaban J connectivity index is 2.22. The van der Waals surface area contributed by atoms with Crippen LogP contribution in [0.1, 0.15) is 48.5 Å². The zero-order chi connectivity index (χ0) is 15.4. The molecule has 0 aliphatic rings. The Morgan fingerprint density at radius 2 is 2.00 bits per heavy atom. The van der Waals surface area contributed by atoms with E-state index in [1.807, 2.05) is 25.1 Å². The first-order valence-corrected chi connectivity index (χ1v) is 7.36. The molecule has 112 valence electrons. The third kappa shape index (κ3) is 3.48. The van der Waals surface area contributed by atoms with Gasteiger partial charge < -0.3 is 5.73 Å². The first-order chi connectivity index (χ1) is 10.0. The molecule has 2 N–H and O–H groups in total. The number of hydrogen-bond donors (Lipinski definition) is 1. The van der Waals surface area contributed by atoms with Gasteiger partial charge in [0.2, 0.25) is 11.9 Å². The molecule has 2 rings (SSSR count). The van der Waals surface area contributed by atoms with E-state index in [0.717, 1.165) is 30.4 Å². The van der Waals surface area contributed by atoms with E-state index in [2.05, 4.69) is 23.9 Å². The Kier molecular flexibility index (Phi) is 4.73. The van der Waals surface area contributed by atoms with Crippen LogP contribution >= 0.6 is 0 Å². The first kappa shape index (κ1) is 15.2. The SMILES string of the molecule is CCCCCC(=O)n1nc(-c2ccc(C)c(C)c2)nc1N. The van der Waals surface area contributed by atoms with E-state index in [9.17, 15) is 4.79 Å². The van der Waals surface area contributed by atoms with E-state index in [0.29, 0.717) is 12.2 Å². The number of aryl methyl sites for hydroxylation is 2. The van der Waals surface area contributed by atoms with Crippen LogP contribution < -0.4 is 5.73 Å². The molecule has 21 heavy (non-hydrogen) atoms. The van der Waals surface area contributed by atoms with Crippen LogP contribution in [0, 0.1) is 13.8 Å². The summed E-state index contributed by atoms with van der Waals surface area (Å²) in [4.78, 5) is 16.3. The van der Waals surface area contributed by atoms with Gasteiger partial charge in [-0.1, -0.05) is 31.9 Å².